The lowest BCUT2D eigenvalue weighted by molar-refractivity contribution is 0.672. The van der Waals surface area contributed by atoms with Crippen molar-refractivity contribution in [2.24, 2.45) is 0 Å². The van der Waals surface area contributed by atoms with Crippen LogP contribution in [0.15, 0.2) is 223 Å². The third kappa shape index (κ3) is 6.00. The highest BCUT2D eigenvalue weighted by Crippen LogP contribution is 2.47. The minimum absolute atomic E-state index is 0.430. The van der Waals surface area contributed by atoms with E-state index in [-0.39, 0.29) is 0 Å². The maximum absolute atomic E-state index is 10.7. The first-order valence-electron chi connectivity index (χ1n) is 21.4. The van der Waals surface area contributed by atoms with Gasteiger partial charge in [-0.2, -0.15) is 5.26 Å². The van der Waals surface area contributed by atoms with E-state index in [1.165, 1.54) is 0 Å². The van der Waals surface area contributed by atoms with Crippen LogP contribution in [0.3, 0.4) is 0 Å². The van der Waals surface area contributed by atoms with Gasteiger partial charge in [-0.15, -0.1) is 0 Å². The standard InChI is InChI=1S/C59H36N4O/c60-37-51-53(41-25-12-4-13-26-41)61-59(62-54(51)42-27-14-5-15-28-42)43-35-49(39-21-8-2-9-22-39)55(50(36-43)40-23-10-3-11-24-40)63-52-32-17-16-29-45(52)46-33-34-48-47-31-18-30-44(38-19-6-1-7-20-38)57(47)64-58(48)56(46)63/h1-36H. The molecule has 0 unspecified atom stereocenters. The number of hydrogen-bond donors (Lipinski definition) is 0. The number of rotatable bonds is 7. The van der Waals surface area contributed by atoms with Crippen LogP contribution in [0.4, 0.5) is 0 Å². The van der Waals surface area contributed by atoms with Gasteiger partial charge >= 0.3 is 0 Å². The van der Waals surface area contributed by atoms with Crippen molar-refractivity contribution in [3.8, 4) is 79.0 Å². The minimum Gasteiger partial charge on any atom is -0.453 e. The summed E-state index contributed by atoms with van der Waals surface area (Å²) in [6.07, 6.45) is 0. The molecule has 5 heteroatoms. The molecule has 0 aliphatic carbocycles. The second-order valence-electron chi connectivity index (χ2n) is 16.0. The zero-order chi connectivity index (χ0) is 42.6. The highest BCUT2D eigenvalue weighted by molar-refractivity contribution is 6.23. The average Bonchev–Trinajstić information content (AvgIpc) is 3.93. The third-order valence-electron chi connectivity index (χ3n) is 12.3. The quantitative estimate of drug-likeness (QED) is 0.161. The fourth-order valence-corrected chi connectivity index (χ4v) is 9.37. The van der Waals surface area contributed by atoms with Gasteiger partial charge in [0.2, 0.25) is 0 Å². The lowest BCUT2D eigenvalue weighted by atomic mass is 9.92. The average molecular weight is 817 g/mol. The Morgan fingerprint density at radius 2 is 0.844 bits per heavy atom. The zero-order valence-electron chi connectivity index (χ0n) is 34.5. The van der Waals surface area contributed by atoms with Gasteiger partial charge in [-0.25, -0.2) is 9.97 Å². The summed E-state index contributed by atoms with van der Waals surface area (Å²) >= 11 is 0. The van der Waals surface area contributed by atoms with E-state index in [4.69, 9.17) is 14.4 Å². The number of hydrogen-bond acceptors (Lipinski definition) is 4. The number of nitrogens with zero attached hydrogens (tertiary/aromatic N) is 4. The lowest BCUT2D eigenvalue weighted by Gasteiger charge is -2.21. The molecule has 12 rings (SSSR count). The minimum atomic E-state index is 0.430. The van der Waals surface area contributed by atoms with Gasteiger partial charge in [0, 0.05) is 54.9 Å². The highest BCUT2D eigenvalue weighted by atomic mass is 16.3. The second kappa shape index (κ2) is 15.3. The summed E-state index contributed by atoms with van der Waals surface area (Å²) in [5.41, 5.74) is 15.1. The molecule has 0 saturated heterocycles. The Bertz CT molecular complexity index is 3640. The maximum atomic E-state index is 10.7. The molecule has 3 aromatic heterocycles. The smallest absolute Gasteiger partial charge is 0.160 e. The maximum Gasteiger partial charge on any atom is 0.160 e. The van der Waals surface area contributed by atoms with E-state index in [0.717, 1.165) is 99.5 Å². The summed E-state index contributed by atoms with van der Waals surface area (Å²) < 4.78 is 9.61. The van der Waals surface area contributed by atoms with E-state index in [1.54, 1.807) is 0 Å². The molecule has 0 N–H and O–H groups in total. The largest absolute Gasteiger partial charge is 0.453 e. The van der Waals surface area contributed by atoms with Crippen molar-refractivity contribution in [2.75, 3.05) is 0 Å². The molecular formula is C59H36N4O. The molecule has 3 heterocycles. The van der Waals surface area contributed by atoms with Crippen molar-refractivity contribution in [3.05, 3.63) is 224 Å². The van der Waals surface area contributed by atoms with E-state index in [1.807, 2.05) is 66.7 Å². The van der Waals surface area contributed by atoms with Crippen molar-refractivity contribution >= 4 is 43.7 Å². The van der Waals surface area contributed by atoms with E-state index < -0.39 is 0 Å². The Labute approximate surface area is 369 Å². The van der Waals surface area contributed by atoms with Crippen LogP contribution in [0.25, 0.3) is 117 Å². The Hall–Kier alpha value is -8.85. The van der Waals surface area contributed by atoms with Gasteiger partial charge in [0.15, 0.2) is 11.4 Å². The van der Waals surface area contributed by atoms with E-state index >= 15 is 0 Å². The van der Waals surface area contributed by atoms with Gasteiger partial charge in [-0.05, 0) is 41.0 Å². The van der Waals surface area contributed by atoms with Gasteiger partial charge in [0.25, 0.3) is 0 Å². The van der Waals surface area contributed by atoms with Crippen molar-refractivity contribution < 1.29 is 4.42 Å². The molecule has 64 heavy (non-hydrogen) atoms. The fraction of sp³-hybridized carbons (Fsp3) is 0. The number of nitriles is 1. The molecule has 9 aromatic carbocycles. The zero-order valence-corrected chi connectivity index (χ0v) is 34.5. The van der Waals surface area contributed by atoms with Crippen molar-refractivity contribution in [3.63, 3.8) is 0 Å². The van der Waals surface area contributed by atoms with Crippen LogP contribution in [0, 0.1) is 11.3 Å². The normalized spacial score (nSPS) is 11.4. The van der Waals surface area contributed by atoms with E-state index in [2.05, 4.69) is 162 Å². The summed E-state index contributed by atoms with van der Waals surface area (Å²) in [6.45, 7) is 0. The molecule has 0 aliphatic rings. The molecule has 0 spiro atoms. The number of para-hydroxylation sites is 2. The molecule has 0 aliphatic heterocycles. The Kier molecular flexibility index (Phi) is 8.81. The van der Waals surface area contributed by atoms with Crippen LogP contribution in [0.1, 0.15) is 5.56 Å². The van der Waals surface area contributed by atoms with Crippen molar-refractivity contribution in [1.29, 1.82) is 5.26 Å². The van der Waals surface area contributed by atoms with Crippen molar-refractivity contribution in [1.82, 2.24) is 14.5 Å². The van der Waals surface area contributed by atoms with Gasteiger partial charge in [0.1, 0.15) is 17.2 Å². The monoisotopic (exact) mass is 816 g/mol. The molecule has 0 saturated carbocycles. The molecule has 0 bridgehead atoms. The lowest BCUT2D eigenvalue weighted by Crippen LogP contribution is -2.04. The Balaban J connectivity index is 1.22. The molecule has 0 atom stereocenters. The summed E-state index contributed by atoms with van der Waals surface area (Å²) in [5.74, 6) is 0.521. The molecule has 298 valence electrons. The summed E-state index contributed by atoms with van der Waals surface area (Å²) in [6, 6.07) is 77.8. The topological polar surface area (TPSA) is 67.6 Å². The third-order valence-corrected chi connectivity index (χ3v) is 12.3. The van der Waals surface area contributed by atoms with Crippen LogP contribution >= 0.6 is 0 Å². The number of benzene rings is 9. The van der Waals surface area contributed by atoms with Gasteiger partial charge in [-0.3, -0.25) is 0 Å². The van der Waals surface area contributed by atoms with Crippen LogP contribution in [0.2, 0.25) is 0 Å². The summed E-state index contributed by atoms with van der Waals surface area (Å²) in [7, 11) is 0. The van der Waals surface area contributed by atoms with Crippen LogP contribution in [-0.2, 0) is 0 Å². The second-order valence-corrected chi connectivity index (χ2v) is 16.0. The first-order chi connectivity index (χ1) is 31.7. The van der Waals surface area contributed by atoms with E-state index in [0.29, 0.717) is 22.8 Å². The van der Waals surface area contributed by atoms with Crippen LogP contribution in [-0.4, -0.2) is 14.5 Å². The van der Waals surface area contributed by atoms with Crippen LogP contribution < -0.4 is 0 Å². The molecule has 12 aromatic rings. The molecular weight excluding hydrogens is 781 g/mol. The van der Waals surface area contributed by atoms with Gasteiger partial charge in [0.05, 0.1) is 28.1 Å². The molecule has 0 amide bonds. The predicted molar refractivity (Wildman–Crippen MR) is 261 cm³/mol. The Morgan fingerprint density at radius 1 is 0.391 bits per heavy atom. The van der Waals surface area contributed by atoms with Crippen LogP contribution in [0.5, 0.6) is 0 Å². The first kappa shape index (κ1) is 37.0. The van der Waals surface area contributed by atoms with E-state index in [9.17, 15) is 5.26 Å². The number of furan rings is 1. The molecule has 0 fully saturated rings. The summed E-state index contributed by atoms with van der Waals surface area (Å²) in [4.78, 5) is 10.6. The predicted octanol–water partition coefficient (Wildman–Crippen LogP) is 15.3. The van der Waals surface area contributed by atoms with Crippen molar-refractivity contribution in [2.45, 2.75) is 0 Å². The molecule has 0 radical (unpaired) electrons. The number of aromatic nitrogens is 3. The first-order valence-corrected chi connectivity index (χ1v) is 21.4. The molecule has 5 nitrogen and oxygen atoms in total. The fourth-order valence-electron chi connectivity index (χ4n) is 9.37. The highest BCUT2D eigenvalue weighted by Gasteiger charge is 2.26. The Morgan fingerprint density at radius 3 is 1.39 bits per heavy atom. The summed E-state index contributed by atoms with van der Waals surface area (Å²) in [5, 5.41) is 15.1. The van der Waals surface area contributed by atoms with Gasteiger partial charge in [-0.1, -0.05) is 194 Å². The SMILES string of the molecule is N#Cc1c(-c2ccccc2)nc(-c2cc(-c3ccccc3)c(-n3c4ccccc4c4ccc5c6cccc(-c7ccccc7)c6oc5c43)c(-c3ccccc3)c2)nc1-c1ccccc1. The number of fused-ring (bicyclic) bond motifs is 7. The van der Waals surface area contributed by atoms with Gasteiger partial charge < -0.3 is 8.98 Å².